The maximum atomic E-state index is 14.2. The molecule has 16 heteroatoms. The molecule has 4 amide bonds. The van der Waals surface area contributed by atoms with E-state index in [2.05, 4.69) is 10.6 Å². The zero-order valence-corrected chi connectivity index (χ0v) is 27.6. The molecule has 4 heterocycles. The Morgan fingerprint density at radius 1 is 1.09 bits per heavy atom. The van der Waals surface area contributed by atoms with Crippen LogP contribution in [0.1, 0.15) is 47.0 Å². The van der Waals surface area contributed by atoms with Crippen molar-refractivity contribution >= 4 is 65.0 Å². The van der Waals surface area contributed by atoms with Gasteiger partial charge in [0.25, 0.3) is 5.91 Å². The molecule has 1 aromatic heterocycles. The Labute approximate surface area is 278 Å². The first-order valence-electron chi connectivity index (χ1n) is 15.0. The second kappa shape index (κ2) is 13.2. The lowest BCUT2D eigenvalue weighted by Crippen LogP contribution is -2.61. The van der Waals surface area contributed by atoms with Gasteiger partial charge >= 0.3 is 5.66 Å². The standard InChI is InChI=1S/C31H32ClF2N4O7PS/c1-16(39)37-9-8-22-4-5-24(28(40)35-21-12-17-11-20(32)3-6-25(17)45-15-21)38(22)30(42)23(14-37)36-29(41)27-13-18-10-19(2-7-26(18)47-27)31(33,34)46(43)44/h2-3,6-7,10-11,13,21-24,43-44H,4-5,8-9,12,14-15H2,1H3,(H,35,40)(H,36,41)/t21?,22-,23+,24+/m1/s1. The summed E-state index contributed by atoms with van der Waals surface area (Å²) in [7, 11) is -3.57. The number of ether oxygens (including phenoxy) is 1. The van der Waals surface area contributed by atoms with E-state index in [1.165, 1.54) is 28.9 Å². The van der Waals surface area contributed by atoms with Crippen molar-refractivity contribution in [2.24, 2.45) is 0 Å². The molecule has 2 saturated heterocycles. The molecule has 0 bridgehead atoms. The normalized spacial score (nSPS) is 23.1. The number of thiophene rings is 1. The third-order valence-corrected chi connectivity index (χ3v) is 11.0. The molecule has 0 aliphatic carbocycles. The SMILES string of the molecule is CC(=O)N1CC[C@H]2CC[C@@H](C(=O)NC3COc4ccc(Cl)cc4C3)N2C(=O)[C@@H](NC(=O)c2cc3cc(C(F)(F)P(O)O)ccc3s2)C1. The van der Waals surface area contributed by atoms with Crippen LogP contribution in [-0.4, -0.2) is 87.1 Å². The van der Waals surface area contributed by atoms with Crippen molar-refractivity contribution in [3.05, 3.63) is 63.5 Å². The molecular formula is C31H32ClF2N4O7PS. The van der Waals surface area contributed by atoms with Gasteiger partial charge in [-0.25, -0.2) is 0 Å². The molecule has 6 rings (SSSR count). The zero-order chi connectivity index (χ0) is 33.6. The van der Waals surface area contributed by atoms with Crippen LogP contribution in [0.15, 0.2) is 42.5 Å². The maximum Gasteiger partial charge on any atom is 0.339 e. The van der Waals surface area contributed by atoms with Crippen molar-refractivity contribution in [1.29, 1.82) is 0 Å². The predicted molar refractivity (Wildman–Crippen MR) is 171 cm³/mol. The number of halogens is 3. The van der Waals surface area contributed by atoms with Crippen LogP contribution in [0, 0.1) is 0 Å². The molecule has 2 aromatic carbocycles. The van der Waals surface area contributed by atoms with E-state index in [9.17, 15) is 28.0 Å². The van der Waals surface area contributed by atoms with Crippen LogP contribution >= 0.6 is 31.3 Å². The van der Waals surface area contributed by atoms with E-state index >= 15 is 0 Å². The molecule has 1 unspecified atom stereocenters. The quantitative estimate of drug-likeness (QED) is 0.285. The number of nitrogens with one attached hydrogen (secondary N) is 2. The second-order valence-corrected chi connectivity index (χ2v) is 14.6. The summed E-state index contributed by atoms with van der Waals surface area (Å²) in [5.41, 5.74) is -3.59. The molecule has 4 N–H and O–H groups in total. The van der Waals surface area contributed by atoms with Gasteiger partial charge in [0.1, 0.15) is 24.4 Å². The number of fused-ring (bicyclic) bond motifs is 3. The molecule has 4 atom stereocenters. The molecule has 3 aromatic rings. The maximum absolute atomic E-state index is 14.2. The molecule has 0 spiro atoms. The highest BCUT2D eigenvalue weighted by atomic mass is 35.5. The van der Waals surface area contributed by atoms with Crippen LogP contribution in [0.5, 0.6) is 5.75 Å². The van der Waals surface area contributed by atoms with E-state index in [1.54, 1.807) is 18.2 Å². The first kappa shape index (κ1) is 33.5. The Bertz CT molecular complexity index is 1740. The topological polar surface area (TPSA) is 149 Å². The van der Waals surface area contributed by atoms with Gasteiger partial charge in [-0.3, -0.25) is 19.2 Å². The molecular weight excluding hydrogens is 677 g/mol. The minimum atomic E-state index is -3.85. The fraction of sp³-hybridized carbons (Fsp3) is 0.419. The van der Waals surface area contributed by atoms with Crippen LogP contribution in [0.2, 0.25) is 5.02 Å². The molecule has 11 nitrogen and oxygen atoms in total. The van der Waals surface area contributed by atoms with Gasteiger partial charge in [-0.1, -0.05) is 17.7 Å². The van der Waals surface area contributed by atoms with E-state index in [0.717, 1.165) is 29.0 Å². The third-order valence-electron chi connectivity index (χ3n) is 8.86. The predicted octanol–water partition coefficient (Wildman–Crippen LogP) is 3.73. The average Bonchev–Trinajstić information content (AvgIpc) is 3.65. The molecule has 2 fully saturated rings. The van der Waals surface area contributed by atoms with Gasteiger partial charge in [-0.05, 0) is 73.0 Å². The number of carbonyl (C=O) groups is 4. The minimum absolute atomic E-state index is 0.108. The van der Waals surface area contributed by atoms with Gasteiger partial charge in [0.15, 0.2) is 0 Å². The Morgan fingerprint density at radius 2 is 1.87 bits per heavy atom. The average molecular weight is 709 g/mol. The van der Waals surface area contributed by atoms with Gasteiger partial charge < -0.3 is 35.0 Å². The smallest absolute Gasteiger partial charge is 0.339 e. The van der Waals surface area contributed by atoms with Crippen LogP contribution in [0.25, 0.3) is 10.1 Å². The van der Waals surface area contributed by atoms with Crippen LogP contribution in [0.4, 0.5) is 8.78 Å². The molecule has 250 valence electrons. The highest BCUT2D eigenvalue weighted by Crippen LogP contribution is 2.53. The third kappa shape index (κ3) is 6.80. The van der Waals surface area contributed by atoms with Gasteiger partial charge in [0.2, 0.25) is 26.1 Å². The summed E-state index contributed by atoms with van der Waals surface area (Å²) in [5, 5.41) is 6.60. The molecule has 47 heavy (non-hydrogen) atoms. The molecule has 3 aliphatic heterocycles. The summed E-state index contributed by atoms with van der Waals surface area (Å²) >= 11 is 7.16. The Hall–Kier alpha value is -3.42. The summed E-state index contributed by atoms with van der Waals surface area (Å²) in [6.45, 7) is 1.86. The number of benzene rings is 2. The molecule has 3 aliphatic rings. The lowest BCUT2D eigenvalue weighted by Gasteiger charge is -2.38. The van der Waals surface area contributed by atoms with Crippen molar-refractivity contribution in [2.45, 2.75) is 62.4 Å². The summed E-state index contributed by atoms with van der Waals surface area (Å²) in [5.74, 6) is -1.04. The summed E-state index contributed by atoms with van der Waals surface area (Å²) in [6, 6.07) is 7.59. The number of rotatable bonds is 6. The Balaban J connectivity index is 1.20. The largest absolute Gasteiger partial charge is 0.491 e. The first-order chi connectivity index (χ1) is 22.3. The summed E-state index contributed by atoms with van der Waals surface area (Å²) in [6.07, 6.45) is 1.93. The number of amides is 4. The highest BCUT2D eigenvalue weighted by molar-refractivity contribution is 7.46. The summed E-state index contributed by atoms with van der Waals surface area (Å²) in [4.78, 5) is 75.2. The van der Waals surface area contributed by atoms with Gasteiger partial charge in [0.05, 0.1) is 10.9 Å². The first-order valence-corrected chi connectivity index (χ1v) is 17.5. The fourth-order valence-electron chi connectivity index (χ4n) is 6.47. The monoisotopic (exact) mass is 708 g/mol. The van der Waals surface area contributed by atoms with Gasteiger partial charge in [-0.15, -0.1) is 11.3 Å². The number of alkyl halides is 2. The molecule has 0 saturated carbocycles. The lowest BCUT2D eigenvalue weighted by molar-refractivity contribution is -0.145. The molecule has 0 radical (unpaired) electrons. The summed E-state index contributed by atoms with van der Waals surface area (Å²) < 4.78 is 34.8. The number of nitrogens with zero attached hydrogens (tertiary/aromatic N) is 2. The highest BCUT2D eigenvalue weighted by Gasteiger charge is 2.46. The van der Waals surface area contributed by atoms with E-state index in [4.69, 9.17) is 26.1 Å². The van der Waals surface area contributed by atoms with Crippen molar-refractivity contribution in [3.63, 3.8) is 0 Å². The van der Waals surface area contributed by atoms with Crippen molar-refractivity contribution in [3.8, 4) is 5.75 Å². The van der Waals surface area contributed by atoms with Crippen molar-refractivity contribution in [2.75, 3.05) is 19.7 Å². The Morgan fingerprint density at radius 3 is 2.62 bits per heavy atom. The van der Waals surface area contributed by atoms with Gasteiger partial charge in [-0.2, -0.15) is 8.78 Å². The van der Waals surface area contributed by atoms with E-state index in [0.29, 0.717) is 47.7 Å². The van der Waals surface area contributed by atoms with E-state index < -0.39 is 43.5 Å². The van der Waals surface area contributed by atoms with Crippen LogP contribution < -0.4 is 15.4 Å². The van der Waals surface area contributed by atoms with Crippen molar-refractivity contribution < 1.29 is 42.5 Å². The second-order valence-electron chi connectivity index (χ2n) is 11.9. The van der Waals surface area contributed by atoms with Gasteiger partial charge in [0, 0.05) is 41.3 Å². The number of hydrogen-bond donors (Lipinski definition) is 4. The van der Waals surface area contributed by atoms with Crippen LogP contribution in [-0.2, 0) is 26.5 Å². The lowest BCUT2D eigenvalue weighted by atomic mass is 10.0. The van der Waals surface area contributed by atoms with Crippen molar-refractivity contribution in [1.82, 2.24) is 20.4 Å². The van der Waals surface area contributed by atoms with E-state index in [-0.39, 0.29) is 47.3 Å². The Kier molecular flexibility index (Phi) is 9.43. The fourth-order valence-corrected chi connectivity index (χ4v) is 7.98. The van der Waals surface area contributed by atoms with E-state index in [1.807, 2.05) is 0 Å². The zero-order valence-electron chi connectivity index (χ0n) is 25.1. The minimum Gasteiger partial charge on any atom is -0.491 e. The number of carbonyl (C=O) groups excluding carboxylic acids is 4. The number of hydrogen-bond acceptors (Lipinski definition) is 8. The van der Waals surface area contributed by atoms with Crippen LogP contribution in [0.3, 0.4) is 0 Å².